The third-order valence-electron chi connectivity index (χ3n) is 26.2. The molecule has 125 heavy (non-hydrogen) atoms. The lowest BCUT2D eigenvalue weighted by Crippen LogP contribution is -2.57. The Hall–Kier alpha value is -6.89. The quantitative estimate of drug-likeness (QED) is 0.0381. The van der Waals surface area contributed by atoms with Crippen LogP contribution in [0.1, 0.15) is 278 Å². The fourth-order valence-electron chi connectivity index (χ4n) is 17.4. The van der Waals surface area contributed by atoms with Gasteiger partial charge in [-0.2, -0.15) is 0 Å². The van der Waals surface area contributed by atoms with E-state index in [0.29, 0.717) is 90.4 Å². The molecule has 7 fully saturated rings. The highest BCUT2D eigenvalue weighted by atomic mass is 16.5. The number of carbonyl (C=O) groups excluding carboxylic acids is 8. The maximum absolute atomic E-state index is 12.5. The van der Waals surface area contributed by atoms with Crippen molar-refractivity contribution in [2.24, 2.45) is 55.2 Å². The van der Waals surface area contributed by atoms with Gasteiger partial charge in [-0.05, 0) is 152 Å². The van der Waals surface area contributed by atoms with Crippen molar-refractivity contribution in [2.45, 2.75) is 262 Å². The summed E-state index contributed by atoms with van der Waals surface area (Å²) in [5.74, 6) is 6.04. The number of rotatable bonds is 28. The molecule has 0 saturated carbocycles. The summed E-state index contributed by atoms with van der Waals surface area (Å²) in [6.07, 6.45) is 15.8. The first-order valence-corrected chi connectivity index (χ1v) is 47.4. The molecule has 0 radical (unpaired) electrons. The van der Waals surface area contributed by atoms with Gasteiger partial charge in [-0.1, -0.05) is 190 Å². The highest BCUT2D eigenvalue weighted by Gasteiger charge is 2.42. The Bertz CT molecular complexity index is 4030. The van der Waals surface area contributed by atoms with E-state index in [4.69, 9.17) is 4.74 Å². The molecule has 10 heterocycles. The van der Waals surface area contributed by atoms with Gasteiger partial charge in [0.15, 0.2) is 46.3 Å². The molecule has 3 aromatic heterocycles. The number of carbonyl (C=O) groups is 8. The van der Waals surface area contributed by atoms with Gasteiger partial charge in [0.05, 0.1) is 26.2 Å². The molecule has 5 atom stereocenters. The van der Waals surface area contributed by atoms with Gasteiger partial charge in [0.1, 0.15) is 24.1 Å². The van der Waals surface area contributed by atoms with Crippen LogP contribution in [-0.4, -0.2) is 283 Å². The summed E-state index contributed by atoms with van der Waals surface area (Å²) >= 11 is 0. The van der Waals surface area contributed by atoms with Crippen molar-refractivity contribution in [2.75, 3.05) is 178 Å². The number of benzene rings is 1. The summed E-state index contributed by atoms with van der Waals surface area (Å²) in [5.41, 5.74) is 1.59. The fraction of sp³-hybridized carbons (Fsp3) is 0.718. The number of likely N-dealkylation sites (tertiary alicyclic amines) is 2. The van der Waals surface area contributed by atoms with Gasteiger partial charge in [0.2, 0.25) is 0 Å². The van der Waals surface area contributed by atoms with Gasteiger partial charge < -0.3 is 29.2 Å². The molecule has 2 bridgehead atoms. The lowest BCUT2D eigenvalue weighted by atomic mass is 9.86. The van der Waals surface area contributed by atoms with Gasteiger partial charge in [-0.15, -0.1) is 0 Å². The number of Topliss-reactive ketones (excluding diaryl/α,β-unsaturated/α-hetero) is 8. The zero-order chi connectivity index (χ0) is 92.5. The number of hydrogen-bond acceptors (Lipinski definition) is 22. The number of unbranched alkanes of at least 4 members (excludes halogenated alkanes) is 1. The summed E-state index contributed by atoms with van der Waals surface area (Å²) in [4.78, 5) is 137. The number of nitrogens with zero attached hydrogens (tertiary/aromatic N) is 13. The van der Waals surface area contributed by atoms with Crippen LogP contribution in [0.4, 0.5) is 17.5 Å². The molecule has 22 nitrogen and oxygen atoms in total. The van der Waals surface area contributed by atoms with E-state index in [9.17, 15) is 38.4 Å². The van der Waals surface area contributed by atoms with Crippen molar-refractivity contribution in [1.29, 1.82) is 0 Å². The predicted octanol–water partition coefficient (Wildman–Crippen LogP) is 16.4. The van der Waals surface area contributed by atoms with Crippen molar-refractivity contribution in [3.05, 3.63) is 107 Å². The third-order valence-corrected chi connectivity index (χ3v) is 26.2. The summed E-state index contributed by atoms with van der Waals surface area (Å²) in [6, 6.07) is 21.6. The van der Waals surface area contributed by atoms with E-state index in [1.54, 1.807) is 18.6 Å². The van der Waals surface area contributed by atoms with Crippen LogP contribution in [0.3, 0.4) is 0 Å². The highest BCUT2D eigenvalue weighted by molar-refractivity contribution is 6.01. The summed E-state index contributed by atoms with van der Waals surface area (Å²) < 4.78 is 5.62. The number of piperidine rings is 1. The second-order valence-corrected chi connectivity index (χ2v) is 45.6. The smallest absolute Gasteiger partial charge is 0.169 e. The van der Waals surface area contributed by atoms with Crippen LogP contribution in [0.5, 0.6) is 0 Å². The Morgan fingerprint density at radius 3 is 1.18 bits per heavy atom. The first-order chi connectivity index (χ1) is 58.1. The van der Waals surface area contributed by atoms with Gasteiger partial charge >= 0.3 is 0 Å². The molecule has 11 rings (SSSR count). The topological polar surface area (TPSA) is 217 Å². The molecule has 7 aliphatic heterocycles. The first-order valence-electron chi connectivity index (χ1n) is 47.4. The van der Waals surface area contributed by atoms with E-state index >= 15 is 0 Å². The van der Waals surface area contributed by atoms with E-state index < -0.39 is 5.41 Å². The van der Waals surface area contributed by atoms with Crippen LogP contribution < -0.4 is 14.7 Å². The Morgan fingerprint density at radius 2 is 0.736 bits per heavy atom. The Morgan fingerprint density at radius 1 is 0.344 bits per heavy atom. The van der Waals surface area contributed by atoms with E-state index in [2.05, 4.69) is 89.9 Å². The molecule has 7 aliphatic rings. The number of pyridine rings is 3. The minimum absolute atomic E-state index is 0.109. The van der Waals surface area contributed by atoms with E-state index in [1.807, 2.05) is 215 Å². The maximum Gasteiger partial charge on any atom is 0.169 e. The number of ether oxygens (including phenoxy) is 1. The third kappa shape index (κ3) is 32.0. The van der Waals surface area contributed by atoms with Gasteiger partial charge in [0.25, 0.3) is 0 Å². The Kier molecular flexibility index (Phi) is 36.9. The molecule has 0 spiro atoms. The van der Waals surface area contributed by atoms with E-state index in [0.717, 1.165) is 166 Å². The van der Waals surface area contributed by atoms with E-state index in [1.165, 1.54) is 56.9 Å². The molecule has 22 heteroatoms. The average molecular weight is 1730 g/mol. The SMILES string of the molecule is CC(C)(C)C(=O)CN1C2CCC1CN(CCCCc1ccc(C(=O)C(C)(C)C)cc1)C2.CC(C)(C)C(=O)CN1CCC(CN2CCN(c3ccc(C(=O)C(C)(C)C)cn3)CC2)CC1.CC(C)(C)C(=O)CN1CCN(CCC2CCN(c3ccc(C(=O)C(C)(C)C)cn3)C2)CC1.C[C@@H]1CN(CCOCC(=O)C(C)(C)C)C[C@H](C)N1c1ccc(C(=O)C(C)(C)C)cn1. The van der Waals surface area contributed by atoms with Crippen molar-refractivity contribution in [3.63, 3.8) is 0 Å². The molecular formula is C103H165N13O9. The number of fused-ring (bicyclic) bond motifs is 2. The van der Waals surface area contributed by atoms with Crippen LogP contribution in [0.25, 0.3) is 0 Å². The molecule has 0 N–H and O–H groups in total. The summed E-state index contributed by atoms with van der Waals surface area (Å²) in [5, 5.41) is 0. The number of ketones is 8. The highest BCUT2D eigenvalue weighted by Crippen LogP contribution is 2.35. The number of anilines is 3. The molecule has 0 amide bonds. The minimum atomic E-state index is -0.408. The number of hydrogen-bond donors (Lipinski definition) is 0. The molecule has 0 aliphatic carbocycles. The second-order valence-electron chi connectivity index (χ2n) is 45.6. The van der Waals surface area contributed by atoms with Crippen LogP contribution >= 0.6 is 0 Å². The lowest BCUT2D eigenvalue weighted by Gasteiger charge is -2.45. The predicted molar refractivity (Wildman–Crippen MR) is 509 cm³/mol. The summed E-state index contributed by atoms with van der Waals surface area (Å²) in [7, 11) is 0. The molecule has 696 valence electrons. The zero-order valence-electron chi connectivity index (χ0n) is 82.5. The normalized spacial score (nSPS) is 21.2. The molecule has 4 aromatic rings. The number of piperazine rings is 4. The number of aromatic nitrogens is 3. The molecular weight excluding hydrogens is 1560 g/mol. The molecule has 1 aromatic carbocycles. The van der Waals surface area contributed by atoms with Crippen molar-refractivity contribution in [3.8, 4) is 0 Å². The number of aryl methyl sites for hydroxylation is 1. The largest absolute Gasteiger partial charge is 0.372 e. The zero-order valence-corrected chi connectivity index (χ0v) is 82.5. The van der Waals surface area contributed by atoms with Crippen LogP contribution in [0.15, 0.2) is 79.3 Å². The van der Waals surface area contributed by atoms with Gasteiger partial charge in [0, 0.05) is 213 Å². The van der Waals surface area contributed by atoms with E-state index in [-0.39, 0.29) is 73.4 Å². The lowest BCUT2D eigenvalue weighted by molar-refractivity contribution is -0.131. The van der Waals surface area contributed by atoms with Crippen LogP contribution in [0, 0.1) is 55.2 Å². The van der Waals surface area contributed by atoms with Crippen molar-refractivity contribution in [1.82, 2.24) is 49.3 Å². The van der Waals surface area contributed by atoms with Gasteiger partial charge in [-0.3, -0.25) is 62.9 Å². The Balaban J connectivity index is 0.000000207. The fourth-order valence-corrected chi connectivity index (χ4v) is 17.4. The maximum atomic E-state index is 12.5. The first kappa shape index (κ1) is 103. The monoisotopic (exact) mass is 1730 g/mol. The summed E-state index contributed by atoms with van der Waals surface area (Å²) in [6.45, 7) is 74.7. The molecule has 3 unspecified atom stereocenters. The standard InChI is InChI=1S/C27H42N2O2.2C26H42N4O2.C24H39N3O3/c1-26(2,3)24(30)19-29-22-14-15-23(29)18-28(17-22)16-8-7-9-20-10-12-21(13-11-20)25(31)27(4,5)6;1-25(2,3)22(31)19-29-15-13-28(14-16-29)11-9-20-10-12-30(18-20)23-8-7-21(17-27-23)24(32)26(4,5)6;1-25(2,3)22(31)19-28-11-9-20(10-12-28)18-29-13-15-30(16-14-29)23-8-7-21(17-27-23)24(32)26(4,5)6;1-17-14-26(11-12-30-16-20(28)23(3,4)5)15-18(2)27(17)21-10-9-19(13-25-21)22(29)24(6,7)8/h10-13,22-23H,7-9,14-19H2,1-6H3;2*7-8,17,20H,9-16,18-19H2,1-6H3;9-10,13,17-18H,11-12,14-16H2,1-8H3/t;;;17-,18+. The second kappa shape index (κ2) is 44.6. The van der Waals surface area contributed by atoms with Crippen molar-refractivity contribution >= 4 is 63.7 Å². The average Bonchev–Trinajstić information content (AvgIpc) is 1.76. The van der Waals surface area contributed by atoms with Crippen molar-refractivity contribution < 1.29 is 43.1 Å². The van der Waals surface area contributed by atoms with Crippen LogP contribution in [0.2, 0.25) is 0 Å². The Labute approximate surface area is 754 Å². The minimum Gasteiger partial charge on any atom is -0.372 e. The van der Waals surface area contributed by atoms with Crippen LogP contribution in [-0.2, 0) is 30.3 Å². The van der Waals surface area contributed by atoms with Gasteiger partial charge in [-0.25, -0.2) is 15.0 Å². The molecule has 7 saturated heterocycles.